The van der Waals surface area contributed by atoms with Gasteiger partial charge in [0.1, 0.15) is 0 Å². The van der Waals surface area contributed by atoms with Crippen molar-refractivity contribution < 1.29 is 9.90 Å². The summed E-state index contributed by atoms with van der Waals surface area (Å²) in [7, 11) is 0. The number of hydrogen-bond acceptors (Lipinski definition) is 3. The van der Waals surface area contributed by atoms with Gasteiger partial charge < -0.3 is 15.7 Å². The molecule has 3 N–H and O–H groups in total. The lowest BCUT2D eigenvalue weighted by Gasteiger charge is -2.26. The first-order valence-electron chi connectivity index (χ1n) is 5.20. The number of hydrogen-bond donors (Lipinski definition) is 3. The molecule has 0 bridgehead atoms. The Kier molecular flexibility index (Phi) is 6.49. The van der Waals surface area contributed by atoms with Crippen LogP contribution in [0.4, 0.5) is 0 Å². The molecule has 0 aliphatic heterocycles. The molecule has 0 fully saturated rings. The molecule has 0 saturated carbocycles. The Labute approximate surface area is 86.1 Å². The van der Waals surface area contributed by atoms with Crippen LogP contribution in [0.1, 0.15) is 33.6 Å². The molecule has 0 aromatic rings. The van der Waals surface area contributed by atoms with E-state index < -0.39 is 0 Å². The summed E-state index contributed by atoms with van der Waals surface area (Å²) in [5, 5.41) is 14.9. The van der Waals surface area contributed by atoms with Crippen molar-refractivity contribution in [1.29, 1.82) is 0 Å². The molecule has 0 heterocycles. The molecule has 84 valence electrons. The molecule has 0 aromatic heterocycles. The van der Waals surface area contributed by atoms with Crippen LogP contribution in [0.3, 0.4) is 0 Å². The van der Waals surface area contributed by atoms with Crippen molar-refractivity contribution in [3.63, 3.8) is 0 Å². The van der Waals surface area contributed by atoms with E-state index in [1.54, 1.807) is 0 Å². The highest BCUT2D eigenvalue weighted by atomic mass is 16.3. The molecule has 0 spiro atoms. The van der Waals surface area contributed by atoms with E-state index in [1.165, 1.54) is 0 Å². The van der Waals surface area contributed by atoms with Crippen molar-refractivity contribution in [3.05, 3.63) is 0 Å². The third-order valence-electron chi connectivity index (χ3n) is 2.38. The van der Waals surface area contributed by atoms with Gasteiger partial charge in [0.2, 0.25) is 5.91 Å². The summed E-state index contributed by atoms with van der Waals surface area (Å²) in [6.45, 7) is 6.92. The van der Waals surface area contributed by atoms with Crippen LogP contribution in [0.2, 0.25) is 0 Å². The molecule has 0 saturated heterocycles. The first kappa shape index (κ1) is 13.4. The monoisotopic (exact) mass is 202 g/mol. The predicted molar refractivity (Wildman–Crippen MR) is 57.1 cm³/mol. The zero-order valence-corrected chi connectivity index (χ0v) is 9.39. The number of nitrogens with one attached hydrogen (secondary N) is 2. The molecular weight excluding hydrogens is 180 g/mol. The van der Waals surface area contributed by atoms with E-state index in [9.17, 15) is 4.79 Å². The Morgan fingerprint density at radius 3 is 2.50 bits per heavy atom. The van der Waals surface area contributed by atoms with E-state index >= 15 is 0 Å². The average Bonchev–Trinajstić information content (AvgIpc) is 2.23. The van der Waals surface area contributed by atoms with Crippen LogP contribution in [0.5, 0.6) is 0 Å². The number of carbonyl (C=O) groups excluding carboxylic acids is 1. The van der Waals surface area contributed by atoms with Crippen LogP contribution in [0.25, 0.3) is 0 Å². The first-order valence-corrected chi connectivity index (χ1v) is 5.20. The summed E-state index contributed by atoms with van der Waals surface area (Å²) in [6.07, 6.45) is 1.74. The minimum atomic E-state index is -0.344. The van der Waals surface area contributed by atoms with E-state index in [0.29, 0.717) is 6.54 Å². The third kappa shape index (κ3) is 5.19. The fraction of sp³-hybridized carbons (Fsp3) is 0.900. The van der Waals surface area contributed by atoms with Gasteiger partial charge in [0.15, 0.2) is 0 Å². The summed E-state index contributed by atoms with van der Waals surface area (Å²) in [4.78, 5) is 11.2. The van der Waals surface area contributed by atoms with Gasteiger partial charge in [-0.1, -0.05) is 13.8 Å². The van der Waals surface area contributed by atoms with Crippen molar-refractivity contribution in [1.82, 2.24) is 10.6 Å². The minimum absolute atomic E-state index is 0.0139. The highest BCUT2D eigenvalue weighted by Crippen LogP contribution is 2.06. The van der Waals surface area contributed by atoms with E-state index in [0.717, 1.165) is 12.8 Å². The number of amides is 1. The second-order valence-corrected chi connectivity index (χ2v) is 3.78. The Hall–Kier alpha value is -0.610. The zero-order chi connectivity index (χ0) is 11.0. The SMILES string of the molecule is CCCNC(=O)CNC(C)(CC)CO. The Morgan fingerprint density at radius 2 is 2.07 bits per heavy atom. The van der Waals surface area contributed by atoms with Crippen LogP contribution >= 0.6 is 0 Å². The Morgan fingerprint density at radius 1 is 1.43 bits per heavy atom. The van der Waals surface area contributed by atoms with Gasteiger partial charge in [-0.2, -0.15) is 0 Å². The van der Waals surface area contributed by atoms with E-state index in [-0.39, 0.29) is 24.6 Å². The predicted octanol–water partition coefficient (Wildman–Crippen LogP) is 0.263. The lowest BCUT2D eigenvalue weighted by molar-refractivity contribution is -0.120. The van der Waals surface area contributed by atoms with Crippen LogP contribution in [0, 0.1) is 0 Å². The fourth-order valence-electron chi connectivity index (χ4n) is 0.913. The smallest absolute Gasteiger partial charge is 0.233 e. The molecular formula is C10H22N2O2. The molecule has 1 unspecified atom stereocenters. The van der Waals surface area contributed by atoms with Gasteiger partial charge in [0.25, 0.3) is 0 Å². The van der Waals surface area contributed by atoms with Gasteiger partial charge in [0.05, 0.1) is 13.2 Å². The second-order valence-electron chi connectivity index (χ2n) is 3.78. The summed E-state index contributed by atoms with van der Waals surface area (Å²) in [6, 6.07) is 0. The lowest BCUT2D eigenvalue weighted by Crippen LogP contribution is -2.49. The molecule has 4 heteroatoms. The maximum absolute atomic E-state index is 11.2. The van der Waals surface area contributed by atoms with E-state index in [2.05, 4.69) is 10.6 Å². The molecule has 0 rings (SSSR count). The molecule has 0 aliphatic rings. The quantitative estimate of drug-likeness (QED) is 0.555. The topological polar surface area (TPSA) is 61.4 Å². The highest BCUT2D eigenvalue weighted by molar-refractivity contribution is 5.78. The van der Waals surface area contributed by atoms with Crippen LogP contribution in [-0.4, -0.2) is 36.2 Å². The standard InChI is InChI=1S/C10H22N2O2/c1-4-6-11-9(14)7-12-10(3,5-2)8-13/h12-13H,4-8H2,1-3H3,(H,11,14). The van der Waals surface area contributed by atoms with Crippen molar-refractivity contribution >= 4 is 5.91 Å². The third-order valence-corrected chi connectivity index (χ3v) is 2.38. The molecule has 0 aliphatic carbocycles. The number of rotatable bonds is 7. The fourth-order valence-corrected chi connectivity index (χ4v) is 0.913. The van der Waals surface area contributed by atoms with E-state index in [4.69, 9.17) is 5.11 Å². The van der Waals surface area contributed by atoms with Gasteiger partial charge >= 0.3 is 0 Å². The van der Waals surface area contributed by atoms with Crippen molar-refractivity contribution in [2.45, 2.75) is 39.2 Å². The number of aliphatic hydroxyl groups excluding tert-OH is 1. The summed E-state index contributed by atoms with van der Waals surface area (Å²) in [5.41, 5.74) is -0.344. The first-order chi connectivity index (χ1) is 6.58. The second kappa shape index (κ2) is 6.79. The molecule has 0 radical (unpaired) electrons. The van der Waals surface area contributed by atoms with Crippen molar-refractivity contribution in [2.24, 2.45) is 0 Å². The van der Waals surface area contributed by atoms with Gasteiger partial charge in [-0.15, -0.1) is 0 Å². The minimum Gasteiger partial charge on any atom is -0.394 e. The maximum atomic E-state index is 11.2. The number of aliphatic hydroxyl groups is 1. The Bertz CT molecular complexity index is 168. The van der Waals surface area contributed by atoms with E-state index in [1.807, 2.05) is 20.8 Å². The maximum Gasteiger partial charge on any atom is 0.233 e. The summed E-state index contributed by atoms with van der Waals surface area (Å²) < 4.78 is 0. The van der Waals surface area contributed by atoms with Gasteiger partial charge in [0, 0.05) is 12.1 Å². The number of carbonyl (C=O) groups is 1. The van der Waals surface area contributed by atoms with Crippen LogP contribution in [0.15, 0.2) is 0 Å². The van der Waals surface area contributed by atoms with Gasteiger partial charge in [-0.3, -0.25) is 4.79 Å². The molecule has 1 atom stereocenters. The molecule has 4 nitrogen and oxygen atoms in total. The average molecular weight is 202 g/mol. The van der Waals surface area contributed by atoms with Gasteiger partial charge in [-0.05, 0) is 19.8 Å². The normalized spacial score (nSPS) is 14.9. The summed E-state index contributed by atoms with van der Waals surface area (Å²) in [5.74, 6) is -0.0139. The van der Waals surface area contributed by atoms with Crippen LogP contribution in [-0.2, 0) is 4.79 Å². The largest absolute Gasteiger partial charge is 0.394 e. The van der Waals surface area contributed by atoms with Crippen molar-refractivity contribution in [2.75, 3.05) is 19.7 Å². The van der Waals surface area contributed by atoms with Crippen LogP contribution < -0.4 is 10.6 Å². The Balaban J connectivity index is 3.74. The lowest BCUT2D eigenvalue weighted by atomic mass is 10.0. The highest BCUT2D eigenvalue weighted by Gasteiger charge is 2.20. The molecule has 14 heavy (non-hydrogen) atoms. The molecule has 0 aromatic carbocycles. The van der Waals surface area contributed by atoms with Crippen molar-refractivity contribution in [3.8, 4) is 0 Å². The molecule has 1 amide bonds. The van der Waals surface area contributed by atoms with Gasteiger partial charge in [-0.25, -0.2) is 0 Å². The summed E-state index contributed by atoms with van der Waals surface area (Å²) >= 11 is 0. The zero-order valence-electron chi connectivity index (χ0n) is 9.39.